The Hall–Kier alpha value is -1.06. The van der Waals surface area contributed by atoms with Crippen molar-refractivity contribution in [2.24, 2.45) is 17.8 Å². The first-order valence-corrected chi connectivity index (χ1v) is 13.9. The van der Waals surface area contributed by atoms with Crippen molar-refractivity contribution in [2.45, 2.75) is 149 Å². The highest BCUT2D eigenvalue weighted by molar-refractivity contribution is 5.81. The van der Waals surface area contributed by atoms with E-state index in [-0.39, 0.29) is 12.1 Å². The summed E-state index contributed by atoms with van der Waals surface area (Å²) in [5, 5.41) is 9.51. The summed E-state index contributed by atoms with van der Waals surface area (Å²) in [5.41, 5.74) is 0. The van der Waals surface area contributed by atoms with E-state index >= 15 is 0 Å². The number of esters is 1. The lowest BCUT2D eigenvalue weighted by molar-refractivity contribution is -0.164. The van der Waals surface area contributed by atoms with Crippen molar-refractivity contribution in [3.63, 3.8) is 0 Å². The second-order valence-electron chi connectivity index (χ2n) is 10.5. The zero-order valence-corrected chi connectivity index (χ0v) is 21.4. The molecular formula is C28H52O4. The molecule has 1 rings (SSSR count). The van der Waals surface area contributed by atoms with Gasteiger partial charge in [-0.05, 0) is 44.4 Å². The van der Waals surface area contributed by atoms with Crippen LogP contribution in [0.2, 0.25) is 0 Å². The molecule has 188 valence electrons. The molecule has 4 nitrogen and oxygen atoms in total. The van der Waals surface area contributed by atoms with Gasteiger partial charge in [0, 0.05) is 0 Å². The van der Waals surface area contributed by atoms with E-state index in [0.717, 1.165) is 38.5 Å². The topological polar surface area (TPSA) is 63.6 Å². The average molecular weight is 453 g/mol. The first kappa shape index (κ1) is 29.0. The molecule has 0 bridgehead atoms. The Morgan fingerprint density at radius 2 is 1.22 bits per heavy atom. The first-order valence-electron chi connectivity index (χ1n) is 13.9. The average Bonchev–Trinajstić information content (AvgIpc) is 2.77. The predicted octanol–water partition coefficient (Wildman–Crippen LogP) is 8.32. The second-order valence-corrected chi connectivity index (χ2v) is 10.5. The van der Waals surface area contributed by atoms with Gasteiger partial charge in [0.1, 0.15) is 6.10 Å². The number of carboxylic acid groups (broad SMARTS) is 1. The van der Waals surface area contributed by atoms with E-state index in [0.29, 0.717) is 18.8 Å². The highest BCUT2D eigenvalue weighted by Gasteiger charge is 2.37. The first-order chi connectivity index (χ1) is 15.5. The van der Waals surface area contributed by atoms with Crippen LogP contribution in [0.1, 0.15) is 143 Å². The van der Waals surface area contributed by atoms with Crippen molar-refractivity contribution in [2.75, 3.05) is 0 Å². The van der Waals surface area contributed by atoms with E-state index in [1.165, 1.54) is 70.6 Å². The number of carboxylic acids is 1. The highest BCUT2D eigenvalue weighted by Crippen LogP contribution is 2.32. The van der Waals surface area contributed by atoms with E-state index in [4.69, 9.17) is 4.74 Å². The minimum Gasteiger partial charge on any atom is -0.481 e. The summed E-state index contributed by atoms with van der Waals surface area (Å²) in [6, 6.07) is 0. The number of aliphatic carboxylic acids is 1. The van der Waals surface area contributed by atoms with Gasteiger partial charge in [0.2, 0.25) is 0 Å². The molecule has 1 aliphatic carbocycles. The largest absolute Gasteiger partial charge is 0.481 e. The lowest BCUT2D eigenvalue weighted by Crippen LogP contribution is -2.35. The Morgan fingerprint density at radius 3 is 1.75 bits per heavy atom. The summed E-state index contributed by atoms with van der Waals surface area (Å²) in [6.45, 7) is 6.75. The molecule has 0 aromatic carbocycles. The molecule has 32 heavy (non-hydrogen) atoms. The minimum absolute atomic E-state index is 0.0416. The van der Waals surface area contributed by atoms with Crippen LogP contribution >= 0.6 is 0 Å². The van der Waals surface area contributed by atoms with Gasteiger partial charge in [-0.2, -0.15) is 0 Å². The van der Waals surface area contributed by atoms with Crippen molar-refractivity contribution in [3.05, 3.63) is 0 Å². The van der Waals surface area contributed by atoms with Gasteiger partial charge in [0.05, 0.1) is 11.8 Å². The quantitative estimate of drug-likeness (QED) is 0.158. The molecule has 1 aliphatic rings. The van der Waals surface area contributed by atoms with Crippen LogP contribution < -0.4 is 0 Å². The van der Waals surface area contributed by atoms with Crippen LogP contribution in [0.3, 0.4) is 0 Å². The van der Waals surface area contributed by atoms with Gasteiger partial charge < -0.3 is 9.84 Å². The molecule has 0 saturated heterocycles. The Morgan fingerprint density at radius 1 is 0.750 bits per heavy atom. The van der Waals surface area contributed by atoms with E-state index < -0.39 is 17.8 Å². The molecule has 1 N–H and O–H groups in total. The molecule has 3 unspecified atom stereocenters. The summed E-state index contributed by atoms with van der Waals surface area (Å²) in [6.07, 6.45) is 21.4. The zero-order chi connectivity index (χ0) is 23.6. The maximum atomic E-state index is 12.9. The Kier molecular flexibility index (Phi) is 16.6. The van der Waals surface area contributed by atoms with Gasteiger partial charge >= 0.3 is 11.9 Å². The van der Waals surface area contributed by atoms with Gasteiger partial charge in [-0.15, -0.1) is 0 Å². The van der Waals surface area contributed by atoms with E-state index in [2.05, 4.69) is 20.8 Å². The summed E-state index contributed by atoms with van der Waals surface area (Å²) < 4.78 is 5.96. The van der Waals surface area contributed by atoms with Crippen LogP contribution in [0.25, 0.3) is 0 Å². The molecule has 0 spiro atoms. The Bertz CT molecular complexity index is 488. The molecule has 0 heterocycles. The third kappa shape index (κ3) is 13.5. The smallest absolute Gasteiger partial charge is 0.310 e. The van der Waals surface area contributed by atoms with Crippen LogP contribution in [0.15, 0.2) is 0 Å². The number of carbonyl (C=O) groups is 2. The SMILES string of the molecule is CCCCCCCCCCCCC(CCCCC(C)C)OC(=O)C1CCCCC1C(=O)O. The van der Waals surface area contributed by atoms with Crippen molar-refractivity contribution in [1.29, 1.82) is 0 Å². The van der Waals surface area contributed by atoms with Crippen molar-refractivity contribution < 1.29 is 19.4 Å². The monoisotopic (exact) mass is 452 g/mol. The summed E-state index contributed by atoms with van der Waals surface area (Å²) in [5.74, 6) is -1.40. The number of ether oxygens (including phenoxy) is 1. The normalized spacial score (nSPS) is 19.8. The van der Waals surface area contributed by atoms with Crippen molar-refractivity contribution in [3.8, 4) is 0 Å². The van der Waals surface area contributed by atoms with Gasteiger partial charge in [0.25, 0.3) is 0 Å². The molecule has 0 aliphatic heterocycles. The van der Waals surface area contributed by atoms with Crippen LogP contribution in [-0.2, 0) is 14.3 Å². The summed E-state index contributed by atoms with van der Waals surface area (Å²) in [7, 11) is 0. The van der Waals surface area contributed by atoms with E-state index in [1.54, 1.807) is 0 Å². The highest BCUT2D eigenvalue weighted by atomic mass is 16.5. The van der Waals surface area contributed by atoms with E-state index in [1.807, 2.05) is 0 Å². The van der Waals surface area contributed by atoms with Crippen LogP contribution in [0, 0.1) is 17.8 Å². The lowest BCUT2D eigenvalue weighted by Gasteiger charge is -2.29. The fourth-order valence-corrected chi connectivity index (χ4v) is 5.01. The number of hydrogen-bond acceptors (Lipinski definition) is 3. The molecule has 0 aromatic rings. The fraction of sp³-hybridized carbons (Fsp3) is 0.929. The van der Waals surface area contributed by atoms with Crippen molar-refractivity contribution >= 4 is 11.9 Å². The predicted molar refractivity (Wildman–Crippen MR) is 133 cm³/mol. The number of hydrogen-bond donors (Lipinski definition) is 1. The maximum absolute atomic E-state index is 12.9. The molecule has 1 fully saturated rings. The molecule has 1 saturated carbocycles. The zero-order valence-electron chi connectivity index (χ0n) is 21.4. The summed E-state index contributed by atoms with van der Waals surface area (Å²) in [4.78, 5) is 24.5. The third-order valence-electron chi connectivity index (χ3n) is 7.11. The number of rotatable bonds is 19. The van der Waals surface area contributed by atoms with Crippen LogP contribution in [-0.4, -0.2) is 23.1 Å². The minimum atomic E-state index is -0.838. The standard InChI is InChI=1S/C28H52O4/c1-4-5-6-7-8-9-10-11-12-13-19-24(20-15-14-18-23(2)3)32-28(31)26-22-17-16-21-25(26)27(29)30/h23-26H,4-22H2,1-3H3,(H,29,30). The van der Waals surface area contributed by atoms with Gasteiger partial charge in [-0.25, -0.2) is 0 Å². The molecule has 0 amide bonds. The second kappa shape index (κ2) is 18.4. The van der Waals surface area contributed by atoms with Crippen LogP contribution in [0.4, 0.5) is 0 Å². The Balaban J connectivity index is 2.38. The van der Waals surface area contributed by atoms with Gasteiger partial charge in [-0.1, -0.05) is 104 Å². The molecule has 4 heteroatoms. The van der Waals surface area contributed by atoms with Crippen molar-refractivity contribution in [1.82, 2.24) is 0 Å². The lowest BCUT2D eigenvalue weighted by atomic mass is 9.79. The maximum Gasteiger partial charge on any atom is 0.310 e. The molecular weight excluding hydrogens is 400 g/mol. The number of unbranched alkanes of at least 4 members (excludes halogenated alkanes) is 10. The Labute approximate surface area is 198 Å². The number of carbonyl (C=O) groups excluding carboxylic acids is 1. The van der Waals surface area contributed by atoms with E-state index in [9.17, 15) is 14.7 Å². The van der Waals surface area contributed by atoms with Gasteiger partial charge in [-0.3, -0.25) is 9.59 Å². The van der Waals surface area contributed by atoms with Gasteiger partial charge in [0.15, 0.2) is 0 Å². The molecule has 3 atom stereocenters. The molecule has 0 aromatic heterocycles. The fourth-order valence-electron chi connectivity index (χ4n) is 5.01. The summed E-state index contributed by atoms with van der Waals surface area (Å²) >= 11 is 0. The third-order valence-corrected chi connectivity index (χ3v) is 7.11. The molecule has 0 radical (unpaired) electrons. The van der Waals surface area contributed by atoms with Crippen LogP contribution in [0.5, 0.6) is 0 Å².